The molecular formula is C13H19NO5S. The van der Waals surface area contributed by atoms with Gasteiger partial charge in [0.25, 0.3) is 0 Å². The molecule has 0 aliphatic carbocycles. The summed E-state index contributed by atoms with van der Waals surface area (Å²) in [6, 6.07) is -1.02. The molecule has 0 radical (unpaired) electrons. The van der Waals surface area contributed by atoms with Crippen molar-refractivity contribution in [2.24, 2.45) is 0 Å². The number of thioether (sulfide) groups is 1. The number of carboxylic acid groups (broad SMARTS) is 1. The van der Waals surface area contributed by atoms with Crippen LogP contribution in [0.15, 0.2) is 12.7 Å². The van der Waals surface area contributed by atoms with Crippen LogP contribution in [0.4, 0.5) is 0 Å². The summed E-state index contributed by atoms with van der Waals surface area (Å²) in [5.41, 5.74) is -1.23. The minimum atomic E-state index is -1.23. The number of aliphatic hydroxyl groups is 1. The molecule has 2 atom stereocenters. The summed E-state index contributed by atoms with van der Waals surface area (Å²) in [6.07, 6.45) is 1.83. The molecule has 0 bridgehead atoms. The highest BCUT2D eigenvalue weighted by atomic mass is 32.2. The van der Waals surface area contributed by atoms with Gasteiger partial charge in [-0.2, -0.15) is 0 Å². The predicted octanol–water partition coefficient (Wildman–Crippen LogP) is 0.649. The lowest BCUT2D eigenvalue weighted by molar-refractivity contribution is -0.148. The average Bonchev–Trinajstić information content (AvgIpc) is 2.67. The Kier molecular flexibility index (Phi) is 5.76. The minimum absolute atomic E-state index is 0.0000550. The number of carbonyl (C=O) groups excluding carboxylic acids is 2. The maximum absolute atomic E-state index is 12.0. The molecule has 7 heteroatoms. The summed E-state index contributed by atoms with van der Waals surface area (Å²) in [5.74, 6) is -1.17. The van der Waals surface area contributed by atoms with E-state index in [2.05, 4.69) is 6.58 Å². The van der Waals surface area contributed by atoms with Crippen molar-refractivity contribution in [3.63, 3.8) is 0 Å². The van der Waals surface area contributed by atoms with Gasteiger partial charge in [-0.1, -0.05) is 17.8 Å². The van der Waals surface area contributed by atoms with Crippen LogP contribution in [0, 0.1) is 0 Å². The molecule has 0 aromatic heterocycles. The number of amides is 1. The van der Waals surface area contributed by atoms with Gasteiger partial charge in [0.15, 0.2) is 5.12 Å². The highest BCUT2D eigenvalue weighted by molar-refractivity contribution is 8.13. The molecule has 1 saturated heterocycles. The Balaban J connectivity index is 2.70. The highest BCUT2D eigenvalue weighted by Crippen LogP contribution is 2.31. The zero-order valence-electron chi connectivity index (χ0n) is 11.4. The maximum Gasteiger partial charge on any atom is 0.326 e. The van der Waals surface area contributed by atoms with Gasteiger partial charge >= 0.3 is 5.97 Å². The average molecular weight is 301 g/mol. The summed E-state index contributed by atoms with van der Waals surface area (Å²) in [5, 5.41) is 19.3. The smallest absolute Gasteiger partial charge is 0.326 e. The third-order valence-corrected chi connectivity index (χ3v) is 3.98. The van der Waals surface area contributed by atoms with Crippen LogP contribution in [-0.2, 0) is 14.4 Å². The van der Waals surface area contributed by atoms with Crippen LogP contribution in [0.5, 0.6) is 0 Å². The van der Waals surface area contributed by atoms with E-state index in [1.165, 1.54) is 17.9 Å². The van der Waals surface area contributed by atoms with Crippen molar-refractivity contribution in [3.8, 4) is 0 Å². The first kappa shape index (κ1) is 16.7. The normalized spacial score (nSPS) is 25.5. The molecule has 2 N–H and O–H groups in total. The van der Waals surface area contributed by atoms with E-state index < -0.39 is 17.6 Å². The Morgan fingerprint density at radius 3 is 2.65 bits per heavy atom. The fourth-order valence-corrected chi connectivity index (χ4v) is 2.85. The Bertz CT molecular complexity index is 425. The molecule has 112 valence electrons. The van der Waals surface area contributed by atoms with Crippen molar-refractivity contribution >= 4 is 28.8 Å². The molecule has 0 spiro atoms. The van der Waals surface area contributed by atoms with E-state index in [0.717, 1.165) is 11.8 Å². The maximum atomic E-state index is 12.0. The van der Waals surface area contributed by atoms with E-state index in [4.69, 9.17) is 5.11 Å². The SMILES string of the molecule is C=CCC1(O)C[C@@H](C(=O)O)N(C(=O)CCSC(C)=O)C1. The van der Waals surface area contributed by atoms with Crippen molar-refractivity contribution in [1.82, 2.24) is 4.90 Å². The number of aliphatic carboxylic acids is 1. The molecule has 1 heterocycles. The van der Waals surface area contributed by atoms with Gasteiger partial charge in [0.05, 0.1) is 12.1 Å². The Labute approximate surface area is 121 Å². The molecule has 20 heavy (non-hydrogen) atoms. The van der Waals surface area contributed by atoms with E-state index in [9.17, 15) is 19.5 Å². The van der Waals surface area contributed by atoms with Crippen LogP contribution in [0.1, 0.15) is 26.2 Å². The molecule has 0 aromatic rings. The van der Waals surface area contributed by atoms with Crippen LogP contribution in [0.3, 0.4) is 0 Å². The molecule has 1 amide bonds. The van der Waals surface area contributed by atoms with Gasteiger partial charge < -0.3 is 15.1 Å². The third kappa shape index (κ3) is 4.35. The summed E-state index contributed by atoms with van der Waals surface area (Å²) in [4.78, 5) is 35.2. The second-order valence-corrected chi connectivity index (χ2v) is 6.16. The fraction of sp³-hybridized carbons (Fsp3) is 0.615. The van der Waals surface area contributed by atoms with Crippen molar-refractivity contribution in [1.29, 1.82) is 0 Å². The van der Waals surface area contributed by atoms with Crippen LogP contribution in [-0.4, -0.2) is 56.0 Å². The fourth-order valence-electron chi connectivity index (χ4n) is 2.29. The number of likely N-dealkylation sites (tertiary alicyclic amines) is 1. The van der Waals surface area contributed by atoms with Crippen molar-refractivity contribution in [2.45, 2.75) is 37.8 Å². The highest BCUT2D eigenvalue weighted by Gasteiger charge is 2.46. The molecule has 1 unspecified atom stereocenters. The van der Waals surface area contributed by atoms with Gasteiger partial charge in [-0.05, 0) is 6.42 Å². The van der Waals surface area contributed by atoms with E-state index in [1.807, 2.05) is 0 Å². The molecule has 1 rings (SSSR count). The van der Waals surface area contributed by atoms with Gasteiger partial charge in [-0.15, -0.1) is 6.58 Å². The van der Waals surface area contributed by atoms with Crippen molar-refractivity contribution < 1.29 is 24.6 Å². The molecule has 0 aromatic carbocycles. The standard InChI is InChI=1S/C13H19NO5S/c1-3-5-13(19)7-10(12(17)18)14(8-13)11(16)4-6-20-9(2)15/h3,10,19H,1,4-8H2,2H3,(H,17,18)/t10-,13?/m0/s1. The van der Waals surface area contributed by atoms with Gasteiger partial charge in [-0.3, -0.25) is 9.59 Å². The van der Waals surface area contributed by atoms with Crippen molar-refractivity contribution in [3.05, 3.63) is 12.7 Å². The largest absolute Gasteiger partial charge is 0.480 e. The molecule has 6 nitrogen and oxygen atoms in total. The number of carboxylic acids is 1. The second kappa shape index (κ2) is 6.90. The number of β-amino-alcohol motifs (C(OH)–C–C–N with tert-alkyl or cyclic N) is 1. The summed E-state index contributed by atoms with van der Waals surface area (Å²) in [6.45, 7) is 4.92. The quantitative estimate of drug-likeness (QED) is 0.699. The lowest BCUT2D eigenvalue weighted by Crippen LogP contribution is -2.41. The first-order valence-corrected chi connectivity index (χ1v) is 7.26. The molecule has 0 saturated carbocycles. The molecule has 1 aliphatic heterocycles. The zero-order chi connectivity index (χ0) is 15.3. The Morgan fingerprint density at radius 2 is 2.15 bits per heavy atom. The Morgan fingerprint density at radius 1 is 1.50 bits per heavy atom. The van der Waals surface area contributed by atoms with Crippen LogP contribution < -0.4 is 0 Å². The number of carbonyl (C=O) groups is 3. The lowest BCUT2D eigenvalue weighted by Gasteiger charge is -2.22. The predicted molar refractivity (Wildman–Crippen MR) is 75.3 cm³/mol. The van der Waals surface area contributed by atoms with Gasteiger partial charge in [0.1, 0.15) is 6.04 Å². The summed E-state index contributed by atoms with van der Waals surface area (Å²) >= 11 is 1.03. The second-order valence-electron chi connectivity index (χ2n) is 4.89. The summed E-state index contributed by atoms with van der Waals surface area (Å²) < 4.78 is 0. The van der Waals surface area contributed by atoms with Gasteiger partial charge in [0, 0.05) is 25.5 Å². The molecule has 1 aliphatic rings. The minimum Gasteiger partial charge on any atom is -0.480 e. The summed E-state index contributed by atoms with van der Waals surface area (Å²) in [7, 11) is 0. The van der Waals surface area contributed by atoms with E-state index >= 15 is 0 Å². The van der Waals surface area contributed by atoms with E-state index in [-0.39, 0.29) is 36.8 Å². The van der Waals surface area contributed by atoms with Gasteiger partial charge in [0.2, 0.25) is 5.91 Å². The first-order valence-electron chi connectivity index (χ1n) is 6.28. The number of hydrogen-bond acceptors (Lipinski definition) is 5. The first-order chi connectivity index (χ1) is 9.29. The van der Waals surface area contributed by atoms with E-state index in [1.54, 1.807) is 0 Å². The number of hydrogen-bond donors (Lipinski definition) is 2. The topological polar surface area (TPSA) is 94.9 Å². The monoisotopic (exact) mass is 301 g/mol. The van der Waals surface area contributed by atoms with Gasteiger partial charge in [-0.25, -0.2) is 4.79 Å². The third-order valence-electron chi connectivity index (χ3n) is 3.17. The molecular weight excluding hydrogens is 282 g/mol. The van der Waals surface area contributed by atoms with Crippen LogP contribution >= 0.6 is 11.8 Å². The Hall–Kier alpha value is -1.34. The lowest BCUT2D eigenvalue weighted by atomic mass is 9.96. The number of nitrogens with zero attached hydrogens (tertiary/aromatic N) is 1. The van der Waals surface area contributed by atoms with Crippen LogP contribution in [0.2, 0.25) is 0 Å². The van der Waals surface area contributed by atoms with Crippen LogP contribution in [0.25, 0.3) is 0 Å². The van der Waals surface area contributed by atoms with E-state index in [0.29, 0.717) is 5.75 Å². The number of rotatable bonds is 6. The van der Waals surface area contributed by atoms with Crippen molar-refractivity contribution in [2.75, 3.05) is 12.3 Å². The zero-order valence-corrected chi connectivity index (χ0v) is 12.2. The molecule has 1 fully saturated rings.